The molecule has 20 heavy (non-hydrogen) atoms. The Labute approximate surface area is 118 Å². The molecular weight excluding hydrogens is 285 g/mol. The first kappa shape index (κ1) is 15.4. The molecule has 0 unspecified atom stereocenters. The van der Waals surface area contributed by atoms with Crippen molar-refractivity contribution in [2.24, 2.45) is 0 Å². The van der Waals surface area contributed by atoms with Gasteiger partial charge in [-0.05, 0) is 18.2 Å². The molecule has 1 aromatic rings. The van der Waals surface area contributed by atoms with Crippen molar-refractivity contribution in [1.82, 2.24) is 4.31 Å². The average Bonchev–Trinajstić information content (AvgIpc) is 2.39. The topological polar surface area (TPSA) is 66.8 Å². The van der Waals surface area contributed by atoms with E-state index in [2.05, 4.69) is 0 Å². The fourth-order valence-corrected chi connectivity index (χ4v) is 3.50. The van der Waals surface area contributed by atoms with E-state index in [4.69, 9.17) is 4.74 Å². The molecule has 0 atom stereocenters. The highest BCUT2D eigenvalue weighted by molar-refractivity contribution is 7.89. The zero-order valence-electron chi connectivity index (χ0n) is 11.3. The number of nitrogens with zero attached hydrogens (tertiary/aromatic N) is 1. The summed E-state index contributed by atoms with van der Waals surface area (Å²) < 4.78 is 44.0. The number of aliphatic hydroxyl groups is 1. The zero-order chi connectivity index (χ0) is 14.8. The third kappa shape index (κ3) is 3.35. The Morgan fingerprint density at radius 2 is 2.05 bits per heavy atom. The number of ether oxygens (including phenoxy) is 1. The van der Waals surface area contributed by atoms with Gasteiger partial charge in [0.25, 0.3) is 0 Å². The zero-order valence-corrected chi connectivity index (χ0v) is 12.1. The second-order valence-electron chi connectivity index (χ2n) is 5.06. The fourth-order valence-electron chi connectivity index (χ4n) is 2.22. The number of hydrogen-bond donors (Lipinski definition) is 1. The van der Waals surface area contributed by atoms with Gasteiger partial charge >= 0.3 is 0 Å². The fraction of sp³-hybridized carbons (Fsp3) is 0.538. The monoisotopic (exact) mass is 303 g/mol. The van der Waals surface area contributed by atoms with Gasteiger partial charge in [-0.3, -0.25) is 0 Å². The van der Waals surface area contributed by atoms with Crippen molar-refractivity contribution in [3.8, 4) is 0 Å². The molecule has 1 heterocycles. The molecule has 7 heteroatoms. The maximum absolute atomic E-state index is 13.1. The third-order valence-corrected chi connectivity index (χ3v) is 5.24. The lowest BCUT2D eigenvalue weighted by molar-refractivity contribution is -0.0689. The molecule has 0 spiro atoms. The maximum atomic E-state index is 13.1. The quantitative estimate of drug-likeness (QED) is 0.901. The summed E-state index contributed by atoms with van der Waals surface area (Å²) in [7, 11) is -2.42. The molecule has 112 valence electrons. The molecule has 1 saturated heterocycles. The lowest BCUT2D eigenvalue weighted by Gasteiger charge is -2.35. The lowest BCUT2D eigenvalue weighted by Crippen LogP contribution is -2.47. The van der Waals surface area contributed by atoms with Gasteiger partial charge < -0.3 is 9.84 Å². The Hall–Kier alpha value is -1.02. The minimum Gasteiger partial charge on any atom is -0.388 e. The minimum atomic E-state index is -3.81. The SMILES string of the molecule is CN(CC1(O)CCOCC1)S(=O)(=O)c1cccc(F)c1. The Morgan fingerprint density at radius 3 is 2.65 bits per heavy atom. The Balaban J connectivity index is 2.17. The minimum absolute atomic E-state index is 0.0325. The van der Waals surface area contributed by atoms with E-state index in [0.29, 0.717) is 26.1 Å². The standard InChI is InChI=1S/C13H18FNO4S/c1-15(10-13(16)5-7-19-8-6-13)20(17,18)12-4-2-3-11(14)9-12/h2-4,9,16H,5-8,10H2,1H3. The highest BCUT2D eigenvalue weighted by Crippen LogP contribution is 2.24. The normalized spacial score (nSPS) is 19.2. The predicted octanol–water partition coefficient (Wildman–Crippen LogP) is 0.988. The molecule has 0 amide bonds. The second-order valence-corrected chi connectivity index (χ2v) is 7.10. The first-order valence-corrected chi connectivity index (χ1v) is 7.80. The van der Waals surface area contributed by atoms with E-state index in [0.717, 1.165) is 10.4 Å². The number of likely N-dealkylation sites (N-methyl/N-ethyl adjacent to an activating group) is 1. The number of benzene rings is 1. The molecule has 1 aliphatic heterocycles. The summed E-state index contributed by atoms with van der Waals surface area (Å²) >= 11 is 0. The van der Waals surface area contributed by atoms with Crippen molar-refractivity contribution in [2.75, 3.05) is 26.8 Å². The van der Waals surface area contributed by atoms with E-state index in [9.17, 15) is 17.9 Å². The van der Waals surface area contributed by atoms with E-state index >= 15 is 0 Å². The molecule has 0 aromatic heterocycles. The van der Waals surface area contributed by atoms with Gasteiger partial charge in [-0.2, -0.15) is 4.31 Å². The van der Waals surface area contributed by atoms with Crippen LogP contribution in [0.1, 0.15) is 12.8 Å². The molecule has 1 N–H and O–H groups in total. The van der Waals surface area contributed by atoms with Crippen LogP contribution in [0, 0.1) is 5.82 Å². The number of sulfonamides is 1. The van der Waals surface area contributed by atoms with Crippen LogP contribution >= 0.6 is 0 Å². The summed E-state index contributed by atoms with van der Waals surface area (Å²) in [5, 5.41) is 10.3. The predicted molar refractivity (Wildman–Crippen MR) is 71.2 cm³/mol. The van der Waals surface area contributed by atoms with Crippen molar-refractivity contribution in [1.29, 1.82) is 0 Å². The van der Waals surface area contributed by atoms with Crippen molar-refractivity contribution in [3.63, 3.8) is 0 Å². The highest BCUT2D eigenvalue weighted by atomic mass is 32.2. The van der Waals surface area contributed by atoms with E-state index < -0.39 is 21.4 Å². The van der Waals surface area contributed by atoms with Crippen LogP contribution in [0.4, 0.5) is 4.39 Å². The summed E-state index contributed by atoms with van der Waals surface area (Å²) in [6, 6.07) is 4.84. The van der Waals surface area contributed by atoms with Crippen molar-refractivity contribution in [2.45, 2.75) is 23.3 Å². The molecule has 0 saturated carbocycles. The van der Waals surface area contributed by atoms with Crippen molar-refractivity contribution < 1.29 is 22.7 Å². The molecule has 1 aromatic carbocycles. The molecule has 5 nitrogen and oxygen atoms in total. The Kier molecular flexibility index (Phi) is 4.43. The molecule has 0 radical (unpaired) electrons. The molecule has 1 aliphatic rings. The van der Waals surface area contributed by atoms with Gasteiger partial charge in [-0.1, -0.05) is 6.07 Å². The molecule has 1 fully saturated rings. The Bertz CT molecular complexity index is 569. The maximum Gasteiger partial charge on any atom is 0.243 e. The molecule has 0 aliphatic carbocycles. The van der Waals surface area contributed by atoms with E-state index in [1.165, 1.54) is 25.2 Å². The second kappa shape index (κ2) is 5.77. The smallest absolute Gasteiger partial charge is 0.243 e. The van der Waals surface area contributed by atoms with Gasteiger partial charge in [0, 0.05) is 39.6 Å². The summed E-state index contributed by atoms with van der Waals surface area (Å²) in [5.74, 6) is -0.607. The number of hydrogen-bond acceptors (Lipinski definition) is 4. The van der Waals surface area contributed by atoms with E-state index in [-0.39, 0.29) is 11.4 Å². The average molecular weight is 303 g/mol. The van der Waals surface area contributed by atoms with Crippen molar-refractivity contribution >= 4 is 10.0 Å². The first-order chi connectivity index (χ1) is 9.33. The van der Waals surface area contributed by atoms with Crippen molar-refractivity contribution in [3.05, 3.63) is 30.1 Å². The third-order valence-electron chi connectivity index (χ3n) is 3.44. The van der Waals surface area contributed by atoms with Crippen LogP contribution in [0.25, 0.3) is 0 Å². The van der Waals surface area contributed by atoms with Gasteiger partial charge in [0.05, 0.1) is 10.5 Å². The van der Waals surface area contributed by atoms with Gasteiger partial charge in [0.1, 0.15) is 5.82 Å². The van der Waals surface area contributed by atoms with Crippen LogP contribution in [0.2, 0.25) is 0 Å². The number of halogens is 1. The van der Waals surface area contributed by atoms with Crippen LogP contribution in [0.5, 0.6) is 0 Å². The highest BCUT2D eigenvalue weighted by Gasteiger charge is 2.34. The lowest BCUT2D eigenvalue weighted by atomic mass is 9.95. The molecular formula is C13H18FNO4S. The van der Waals surface area contributed by atoms with E-state index in [1.807, 2.05) is 0 Å². The first-order valence-electron chi connectivity index (χ1n) is 6.36. The molecule has 2 rings (SSSR count). The Morgan fingerprint density at radius 1 is 1.40 bits per heavy atom. The van der Waals surface area contributed by atoms with Crippen LogP contribution in [0.15, 0.2) is 29.2 Å². The number of rotatable bonds is 4. The van der Waals surface area contributed by atoms with Gasteiger partial charge in [0.2, 0.25) is 10.0 Å². The van der Waals surface area contributed by atoms with Crippen LogP contribution in [-0.4, -0.2) is 50.2 Å². The summed E-state index contributed by atoms with van der Waals surface area (Å²) in [6.07, 6.45) is 0.770. The van der Waals surface area contributed by atoms with Gasteiger partial charge in [-0.25, -0.2) is 12.8 Å². The van der Waals surface area contributed by atoms with E-state index in [1.54, 1.807) is 0 Å². The largest absolute Gasteiger partial charge is 0.388 e. The van der Waals surface area contributed by atoms with Crippen LogP contribution < -0.4 is 0 Å². The van der Waals surface area contributed by atoms with Gasteiger partial charge in [0.15, 0.2) is 0 Å². The molecule has 0 bridgehead atoms. The van der Waals surface area contributed by atoms with Gasteiger partial charge in [-0.15, -0.1) is 0 Å². The summed E-state index contributed by atoms with van der Waals surface area (Å²) in [6.45, 7) is 0.782. The summed E-state index contributed by atoms with van der Waals surface area (Å²) in [4.78, 5) is -0.115. The van der Waals surface area contributed by atoms with Crippen LogP contribution in [0.3, 0.4) is 0 Å². The summed E-state index contributed by atoms with van der Waals surface area (Å²) in [5.41, 5.74) is -1.09. The van der Waals surface area contributed by atoms with Crippen LogP contribution in [-0.2, 0) is 14.8 Å².